The molecule has 0 aromatic heterocycles. The molecule has 2 N–H and O–H groups in total. The van der Waals surface area contributed by atoms with Gasteiger partial charge in [-0.1, -0.05) is 30.7 Å². The number of nitrogens with zero attached hydrogens (tertiary/aromatic N) is 1. The van der Waals surface area contributed by atoms with Crippen LogP contribution in [0.4, 0.5) is 0 Å². The van der Waals surface area contributed by atoms with Crippen molar-refractivity contribution in [3.8, 4) is 0 Å². The molecule has 1 saturated heterocycles. The van der Waals surface area contributed by atoms with E-state index in [4.69, 9.17) is 5.73 Å². The number of rotatable bonds is 9. The fourth-order valence-corrected chi connectivity index (χ4v) is 3.16. The normalized spacial score (nSPS) is 14.6. The molecule has 0 aliphatic carbocycles. The summed E-state index contributed by atoms with van der Waals surface area (Å²) in [6.45, 7) is 2.52. The molecular weight excluding hydrogens is 300 g/mol. The van der Waals surface area contributed by atoms with Gasteiger partial charge in [-0.2, -0.15) is 0 Å². The molecule has 1 amide bonds. The fraction of sp³-hybridized carbons (Fsp3) is 0.600. The molecule has 0 spiro atoms. The monoisotopic (exact) mass is 330 g/mol. The number of carbonyl (C=O) groups is 2. The summed E-state index contributed by atoms with van der Waals surface area (Å²) >= 11 is 0. The third kappa shape index (κ3) is 6.08. The molecule has 0 unspecified atom stereocenters. The summed E-state index contributed by atoms with van der Waals surface area (Å²) in [5, 5.41) is 0. The van der Waals surface area contributed by atoms with Gasteiger partial charge in [-0.25, -0.2) is 0 Å². The second kappa shape index (κ2) is 10.2. The molecule has 0 saturated carbocycles. The Labute approximate surface area is 145 Å². The van der Waals surface area contributed by atoms with Crippen LogP contribution in [0, 0.1) is 0 Å². The molecule has 1 aliphatic heterocycles. The first kappa shape index (κ1) is 18.7. The minimum Gasteiger partial charge on any atom is -0.343 e. The van der Waals surface area contributed by atoms with Gasteiger partial charge in [-0.15, -0.1) is 0 Å². The summed E-state index contributed by atoms with van der Waals surface area (Å²) in [5.74, 6) is 0.456. The third-order valence-corrected chi connectivity index (χ3v) is 4.72. The lowest BCUT2D eigenvalue weighted by Crippen LogP contribution is -2.35. The number of piperidine rings is 1. The van der Waals surface area contributed by atoms with Crippen LogP contribution in [0.1, 0.15) is 67.3 Å². The molecule has 2 rings (SSSR count). The molecule has 1 aromatic carbocycles. The van der Waals surface area contributed by atoms with Gasteiger partial charge in [0.15, 0.2) is 5.78 Å². The SMILES string of the molecule is NCCCCCC(=O)c1ccc(CCC(=O)N2CCCCC2)cc1. The van der Waals surface area contributed by atoms with E-state index < -0.39 is 0 Å². The lowest BCUT2D eigenvalue weighted by atomic mass is 10.0. The number of Topliss-reactive ketones (excluding diaryl/α,β-unsaturated/α-hetero) is 1. The van der Waals surface area contributed by atoms with E-state index in [-0.39, 0.29) is 11.7 Å². The standard InChI is InChI=1S/C20H30N2O2/c21-14-4-1-3-7-19(23)18-11-8-17(9-12-18)10-13-20(24)22-15-5-2-6-16-22/h8-9,11-12H,1-7,10,13-16,21H2. The first-order valence-electron chi connectivity index (χ1n) is 9.30. The van der Waals surface area contributed by atoms with Crippen LogP contribution < -0.4 is 5.73 Å². The lowest BCUT2D eigenvalue weighted by molar-refractivity contribution is -0.132. The zero-order chi connectivity index (χ0) is 17.2. The van der Waals surface area contributed by atoms with Gasteiger partial charge in [0.1, 0.15) is 0 Å². The molecule has 4 nitrogen and oxygen atoms in total. The van der Waals surface area contributed by atoms with Crippen LogP contribution >= 0.6 is 0 Å². The highest BCUT2D eigenvalue weighted by Gasteiger charge is 2.16. The topological polar surface area (TPSA) is 63.4 Å². The van der Waals surface area contributed by atoms with Gasteiger partial charge >= 0.3 is 0 Å². The van der Waals surface area contributed by atoms with Gasteiger partial charge < -0.3 is 10.6 Å². The minimum absolute atomic E-state index is 0.197. The van der Waals surface area contributed by atoms with Crippen molar-refractivity contribution in [1.82, 2.24) is 4.90 Å². The number of hydrogen-bond donors (Lipinski definition) is 1. The highest BCUT2D eigenvalue weighted by atomic mass is 16.2. The quantitative estimate of drug-likeness (QED) is 0.558. The van der Waals surface area contributed by atoms with Crippen molar-refractivity contribution in [3.05, 3.63) is 35.4 Å². The van der Waals surface area contributed by atoms with Gasteiger partial charge in [0.05, 0.1) is 0 Å². The molecule has 1 fully saturated rings. The predicted molar refractivity (Wildman–Crippen MR) is 97.0 cm³/mol. The average Bonchev–Trinajstić information content (AvgIpc) is 2.64. The highest BCUT2D eigenvalue weighted by Crippen LogP contribution is 2.14. The van der Waals surface area contributed by atoms with Crippen molar-refractivity contribution >= 4 is 11.7 Å². The lowest BCUT2D eigenvalue weighted by Gasteiger charge is -2.26. The highest BCUT2D eigenvalue weighted by molar-refractivity contribution is 5.96. The Bertz CT molecular complexity index is 519. The molecule has 4 heteroatoms. The minimum atomic E-state index is 0.197. The van der Waals surface area contributed by atoms with E-state index in [0.29, 0.717) is 19.4 Å². The van der Waals surface area contributed by atoms with E-state index in [0.717, 1.165) is 62.7 Å². The maximum atomic E-state index is 12.2. The largest absolute Gasteiger partial charge is 0.343 e. The number of unbranched alkanes of at least 4 members (excludes halogenated alkanes) is 2. The molecule has 0 radical (unpaired) electrons. The van der Waals surface area contributed by atoms with E-state index in [2.05, 4.69) is 0 Å². The van der Waals surface area contributed by atoms with E-state index >= 15 is 0 Å². The average molecular weight is 330 g/mol. The van der Waals surface area contributed by atoms with E-state index in [1.165, 1.54) is 6.42 Å². The first-order chi connectivity index (χ1) is 11.7. The number of ketones is 1. The maximum Gasteiger partial charge on any atom is 0.222 e. The van der Waals surface area contributed by atoms with Crippen molar-refractivity contribution in [1.29, 1.82) is 0 Å². The zero-order valence-corrected chi connectivity index (χ0v) is 14.6. The Morgan fingerprint density at radius 3 is 2.29 bits per heavy atom. The Morgan fingerprint density at radius 1 is 0.917 bits per heavy atom. The smallest absolute Gasteiger partial charge is 0.222 e. The van der Waals surface area contributed by atoms with Gasteiger partial charge in [0, 0.05) is 31.5 Å². The van der Waals surface area contributed by atoms with Crippen LogP contribution in [-0.2, 0) is 11.2 Å². The Kier molecular flexibility index (Phi) is 7.96. The molecule has 1 aliphatic rings. The summed E-state index contributed by atoms with van der Waals surface area (Å²) in [5.41, 5.74) is 7.36. The van der Waals surface area contributed by atoms with E-state index in [1.54, 1.807) is 0 Å². The summed E-state index contributed by atoms with van der Waals surface area (Å²) in [6, 6.07) is 7.76. The van der Waals surface area contributed by atoms with Crippen LogP contribution in [0.2, 0.25) is 0 Å². The van der Waals surface area contributed by atoms with Crippen LogP contribution in [0.15, 0.2) is 24.3 Å². The first-order valence-corrected chi connectivity index (χ1v) is 9.30. The van der Waals surface area contributed by atoms with Crippen LogP contribution in [0.5, 0.6) is 0 Å². The van der Waals surface area contributed by atoms with Crippen LogP contribution in [-0.4, -0.2) is 36.2 Å². The second-order valence-corrected chi connectivity index (χ2v) is 6.66. The number of amides is 1. The van der Waals surface area contributed by atoms with Gasteiger partial charge in [-0.3, -0.25) is 9.59 Å². The number of hydrogen-bond acceptors (Lipinski definition) is 3. The summed E-state index contributed by atoms with van der Waals surface area (Å²) in [6.07, 6.45) is 8.31. The molecule has 1 heterocycles. The number of benzene rings is 1. The number of nitrogens with two attached hydrogens (primary N) is 1. The molecule has 132 valence electrons. The van der Waals surface area contributed by atoms with Crippen molar-refractivity contribution < 1.29 is 9.59 Å². The Morgan fingerprint density at radius 2 is 1.62 bits per heavy atom. The Balaban J connectivity index is 1.74. The second-order valence-electron chi connectivity index (χ2n) is 6.66. The summed E-state index contributed by atoms with van der Waals surface area (Å²) in [4.78, 5) is 26.3. The van der Waals surface area contributed by atoms with E-state index in [9.17, 15) is 9.59 Å². The van der Waals surface area contributed by atoms with Crippen LogP contribution in [0.25, 0.3) is 0 Å². The number of carbonyl (C=O) groups excluding carboxylic acids is 2. The maximum absolute atomic E-state index is 12.2. The molecule has 0 bridgehead atoms. The number of likely N-dealkylation sites (tertiary alicyclic amines) is 1. The zero-order valence-electron chi connectivity index (χ0n) is 14.6. The molecule has 1 aromatic rings. The Hall–Kier alpha value is -1.68. The van der Waals surface area contributed by atoms with E-state index in [1.807, 2.05) is 29.2 Å². The van der Waals surface area contributed by atoms with Crippen molar-refractivity contribution in [2.75, 3.05) is 19.6 Å². The summed E-state index contributed by atoms with van der Waals surface area (Å²) in [7, 11) is 0. The molecule has 0 atom stereocenters. The van der Waals surface area contributed by atoms with Gasteiger partial charge in [-0.05, 0) is 50.6 Å². The third-order valence-electron chi connectivity index (χ3n) is 4.72. The summed E-state index contributed by atoms with van der Waals surface area (Å²) < 4.78 is 0. The molecule has 24 heavy (non-hydrogen) atoms. The van der Waals surface area contributed by atoms with Crippen molar-refractivity contribution in [3.63, 3.8) is 0 Å². The van der Waals surface area contributed by atoms with Gasteiger partial charge in [0.25, 0.3) is 0 Å². The van der Waals surface area contributed by atoms with Crippen molar-refractivity contribution in [2.45, 2.75) is 57.8 Å². The fourth-order valence-electron chi connectivity index (χ4n) is 3.16. The predicted octanol–water partition coefficient (Wildman–Crippen LogP) is 3.33. The van der Waals surface area contributed by atoms with Gasteiger partial charge in [0.2, 0.25) is 5.91 Å². The molecular formula is C20H30N2O2. The van der Waals surface area contributed by atoms with Crippen molar-refractivity contribution in [2.24, 2.45) is 5.73 Å². The number of aryl methyl sites for hydroxylation is 1. The van der Waals surface area contributed by atoms with Crippen LogP contribution in [0.3, 0.4) is 0 Å².